The molecule has 1 heterocycles. The van der Waals surface area contributed by atoms with Crippen molar-refractivity contribution < 1.29 is 9.59 Å². The summed E-state index contributed by atoms with van der Waals surface area (Å²) in [6, 6.07) is 8.73. The van der Waals surface area contributed by atoms with E-state index >= 15 is 0 Å². The normalized spacial score (nSPS) is 18.5. The van der Waals surface area contributed by atoms with Crippen LogP contribution in [0.2, 0.25) is 0 Å². The zero-order valence-electron chi connectivity index (χ0n) is 11.4. The Balaban J connectivity index is 1.95. The van der Waals surface area contributed by atoms with Crippen molar-refractivity contribution in [2.75, 3.05) is 18.4 Å². The fourth-order valence-electron chi connectivity index (χ4n) is 2.33. The summed E-state index contributed by atoms with van der Waals surface area (Å²) in [5.41, 5.74) is 1.07. The van der Waals surface area contributed by atoms with Crippen molar-refractivity contribution in [1.82, 2.24) is 4.90 Å². The summed E-state index contributed by atoms with van der Waals surface area (Å²) < 4.78 is 0. The Kier molecular flexibility index (Phi) is 4.36. The van der Waals surface area contributed by atoms with Crippen molar-refractivity contribution >= 4 is 17.5 Å². The molecule has 1 N–H and O–H groups in total. The van der Waals surface area contributed by atoms with E-state index in [2.05, 4.69) is 5.32 Å². The monoisotopic (exact) mass is 271 g/mol. The third kappa shape index (κ3) is 3.35. The number of nitrogens with zero attached hydrogens (tertiary/aromatic N) is 2. The molecular weight excluding hydrogens is 254 g/mol. The molecule has 1 fully saturated rings. The first-order chi connectivity index (χ1) is 9.60. The number of likely N-dealkylation sites (tertiary alicyclic amines) is 1. The summed E-state index contributed by atoms with van der Waals surface area (Å²) in [5, 5.41) is 11.5. The molecule has 2 amide bonds. The second kappa shape index (κ2) is 6.20. The van der Waals surface area contributed by atoms with Crippen LogP contribution in [0.15, 0.2) is 24.3 Å². The Morgan fingerprint density at radius 3 is 3.10 bits per heavy atom. The lowest BCUT2D eigenvalue weighted by atomic mass is 9.99. The van der Waals surface area contributed by atoms with Gasteiger partial charge >= 0.3 is 0 Å². The van der Waals surface area contributed by atoms with Gasteiger partial charge in [0.1, 0.15) is 0 Å². The molecule has 2 rings (SSSR count). The molecule has 5 heteroatoms. The topological polar surface area (TPSA) is 73.2 Å². The zero-order chi connectivity index (χ0) is 14.5. The van der Waals surface area contributed by atoms with Crippen LogP contribution in [-0.4, -0.2) is 29.8 Å². The van der Waals surface area contributed by atoms with Gasteiger partial charge in [-0.15, -0.1) is 0 Å². The molecule has 0 spiro atoms. The molecule has 0 aliphatic carbocycles. The van der Waals surface area contributed by atoms with Gasteiger partial charge in [-0.1, -0.05) is 13.0 Å². The Labute approximate surface area is 118 Å². The molecule has 0 radical (unpaired) electrons. The Hall–Kier alpha value is -2.35. The molecule has 20 heavy (non-hydrogen) atoms. The number of nitriles is 1. The maximum atomic E-state index is 11.9. The third-order valence-electron chi connectivity index (χ3n) is 3.41. The molecule has 1 aromatic rings. The van der Waals surface area contributed by atoms with Gasteiger partial charge in [0.25, 0.3) is 0 Å². The molecule has 104 valence electrons. The lowest BCUT2D eigenvalue weighted by molar-refractivity contribution is -0.140. The van der Waals surface area contributed by atoms with E-state index in [0.717, 1.165) is 12.8 Å². The van der Waals surface area contributed by atoms with Crippen LogP contribution >= 0.6 is 0 Å². The summed E-state index contributed by atoms with van der Waals surface area (Å²) >= 11 is 0. The van der Waals surface area contributed by atoms with Gasteiger partial charge in [0.05, 0.1) is 18.2 Å². The van der Waals surface area contributed by atoms with Crippen LogP contribution in [0.3, 0.4) is 0 Å². The van der Waals surface area contributed by atoms with Crippen molar-refractivity contribution in [2.24, 2.45) is 5.92 Å². The average Bonchev–Trinajstić information content (AvgIpc) is 2.44. The van der Waals surface area contributed by atoms with Gasteiger partial charge in [0.15, 0.2) is 0 Å². The number of hydrogen-bond acceptors (Lipinski definition) is 3. The van der Waals surface area contributed by atoms with Crippen molar-refractivity contribution in [3.05, 3.63) is 29.8 Å². The van der Waals surface area contributed by atoms with Crippen molar-refractivity contribution in [3.8, 4) is 6.07 Å². The Morgan fingerprint density at radius 1 is 1.55 bits per heavy atom. The summed E-state index contributed by atoms with van der Waals surface area (Å²) in [6.45, 7) is 2.59. The first-order valence-corrected chi connectivity index (χ1v) is 6.69. The largest absolute Gasteiger partial charge is 0.333 e. The molecule has 0 aromatic heterocycles. The number of nitrogens with one attached hydrogen (secondary N) is 1. The highest BCUT2D eigenvalue weighted by Crippen LogP contribution is 2.17. The van der Waals surface area contributed by atoms with E-state index in [0.29, 0.717) is 17.8 Å². The molecule has 0 bridgehead atoms. The second-order valence-electron chi connectivity index (χ2n) is 5.04. The van der Waals surface area contributed by atoms with Gasteiger partial charge in [-0.05, 0) is 31.0 Å². The minimum atomic E-state index is -0.234. The minimum absolute atomic E-state index is 0.00142. The first kappa shape index (κ1) is 14.1. The van der Waals surface area contributed by atoms with Gasteiger partial charge in [0, 0.05) is 18.2 Å². The van der Waals surface area contributed by atoms with E-state index < -0.39 is 0 Å². The lowest BCUT2D eigenvalue weighted by Crippen LogP contribution is -2.44. The number of amides is 2. The summed E-state index contributed by atoms with van der Waals surface area (Å²) in [6.07, 6.45) is 1.82. The third-order valence-corrected chi connectivity index (χ3v) is 3.41. The molecule has 5 nitrogen and oxygen atoms in total. The molecule has 1 unspecified atom stereocenters. The van der Waals surface area contributed by atoms with Crippen LogP contribution in [0.25, 0.3) is 0 Å². The van der Waals surface area contributed by atoms with Crippen LogP contribution in [0.1, 0.15) is 25.3 Å². The zero-order valence-corrected chi connectivity index (χ0v) is 11.4. The molecule has 1 saturated heterocycles. The van der Waals surface area contributed by atoms with Gasteiger partial charge in [0.2, 0.25) is 11.8 Å². The Bertz CT molecular complexity index is 562. The maximum Gasteiger partial charge on any atom is 0.243 e. The van der Waals surface area contributed by atoms with Crippen molar-refractivity contribution in [3.63, 3.8) is 0 Å². The Morgan fingerprint density at radius 2 is 2.35 bits per heavy atom. The first-order valence-electron chi connectivity index (χ1n) is 6.69. The van der Waals surface area contributed by atoms with Gasteiger partial charge < -0.3 is 10.2 Å². The van der Waals surface area contributed by atoms with E-state index in [-0.39, 0.29) is 24.3 Å². The number of benzene rings is 1. The van der Waals surface area contributed by atoms with E-state index in [1.807, 2.05) is 13.0 Å². The fourth-order valence-corrected chi connectivity index (χ4v) is 2.33. The standard InChI is InChI=1S/C15H17N3O2/c1-11-4-3-7-18(15(11)20)10-14(19)17-13-6-2-5-12(8-13)9-16/h2,5-6,8,11H,3-4,7,10H2,1H3,(H,17,19). The SMILES string of the molecule is CC1CCCN(CC(=O)Nc2cccc(C#N)c2)C1=O. The summed E-state index contributed by atoms with van der Waals surface area (Å²) in [7, 11) is 0. The predicted octanol–water partition coefficient (Wildman–Crippen LogP) is 1.76. The number of anilines is 1. The van der Waals surface area contributed by atoms with Crippen LogP contribution in [0, 0.1) is 17.2 Å². The second-order valence-corrected chi connectivity index (χ2v) is 5.04. The number of carbonyl (C=O) groups is 2. The highest BCUT2D eigenvalue weighted by Gasteiger charge is 2.26. The smallest absolute Gasteiger partial charge is 0.243 e. The van der Waals surface area contributed by atoms with E-state index in [4.69, 9.17) is 5.26 Å². The summed E-state index contributed by atoms with van der Waals surface area (Å²) in [5.74, 6) is -0.196. The molecular formula is C15H17N3O2. The van der Waals surface area contributed by atoms with Crippen molar-refractivity contribution in [1.29, 1.82) is 5.26 Å². The highest BCUT2D eigenvalue weighted by atomic mass is 16.2. The van der Waals surface area contributed by atoms with Gasteiger partial charge in [-0.3, -0.25) is 9.59 Å². The van der Waals surface area contributed by atoms with Crippen LogP contribution in [-0.2, 0) is 9.59 Å². The molecule has 1 aliphatic rings. The van der Waals surface area contributed by atoms with Crippen LogP contribution in [0.5, 0.6) is 0 Å². The van der Waals surface area contributed by atoms with Crippen LogP contribution < -0.4 is 5.32 Å². The van der Waals surface area contributed by atoms with E-state index in [1.54, 1.807) is 29.2 Å². The van der Waals surface area contributed by atoms with Crippen LogP contribution in [0.4, 0.5) is 5.69 Å². The lowest BCUT2D eigenvalue weighted by Gasteiger charge is -2.30. The fraction of sp³-hybridized carbons (Fsp3) is 0.400. The number of hydrogen-bond donors (Lipinski definition) is 1. The van der Waals surface area contributed by atoms with Gasteiger partial charge in [-0.2, -0.15) is 5.26 Å². The highest BCUT2D eigenvalue weighted by molar-refractivity contribution is 5.95. The maximum absolute atomic E-state index is 11.9. The predicted molar refractivity (Wildman–Crippen MR) is 74.8 cm³/mol. The number of rotatable bonds is 3. The number of carbonyl (C=O) groups excluding carboxylic acids is 2. The molecule has 1 aliphatic heterocycles. The molecule has 1 aromatic carbocycles. The molecule has 1 atom stereocenters. The van der Waals surface area contributed by atoms with E-state index in [1.165, 1.54) is 0 Å². The number of piperidine rings is 1. The van der Waals surface area contributed by atoms with E-state index in [9.17, 15) is 9.59 Å². The van der Waals surface area contributed by atoms with Crippen molar-refractivity contribution in [2.45, 2.75) is 19.8 Å². The summed E-state index contributed by atoms with van der Waals surface area (Å²) in [4.78, 5) is 25.5. The minimum Gasteiger partial charge on any atom is -0.333 e. The average molecular weight is 271 g/mol. The molecule has 0 saturated carbocycles. The van der Waals surface area contributed by atoms with Gasteiger partial charge in [-0.25, -0.2) is 0 Å². The quantitative estimate of drug-likeness (QED) is 0.910.